The number of benzene rings is 3. The lowest BCUT2D eigenvalue weighted by Crippen LogP contribution is -2.31. The molecule has 6 rings (SSSR count). The Bertz CT molecular complexity index is 1800. The van der Waals surface area contributed by atoms with Crippen molar-refractivity contribution in [1.29, 1.82) is 0 Å². The third kappa shape index (κ3) is 6.40. The zero-order valence-electron chi connectivity index (χ0n) is 25.0. The summed E-state index contributed by atoms with van der Waals surface area (Å²) in [5.74, 6) is -0.198. The number of nitrogens with zero attached hydrogens (tertiary/aromatic N) is 1. The number of hydrogen-bond acceptors (Lipinski definition) is 6. The number of rotatable bonds is 9. The fourth-order valence-corrected chi connectivity index (χ4v) is 6.97. The molecule has 1 aromatic heterocycles. The third-order valence-corrected chi connectivity index (χ3v) is 9.52. The Balaban J connectivity index is 1.01. The molecule has 1 heterocycles. The summed E-state index contributed by atoms with van der Waals surface area (Å²) in [6.07, 6.45) is 6.83. The molecule has 2 aliphatic rings. The van der Waals surface area contributed by atoms with E-state index in [0.717, 1.165) is 60.8 Å². The summed E-state index contributed by atoms with van der Waals surface area (Å²) >= 11 is 0. The summed E-state index contributed by atoms with van der Waals surface area (Å²) in [4.78, 5) is 40.1. The fourth-order valence-electron chi connectivity index (χ4n) is 6.25. The van der Waals surface area contributed by atoms with Crippen molar-refractivity contribution in [3.05, 3.63) is 98.4 Å². The average molecular weight is 613 g/mol. The van der Waals surface area contributed by atoms with Crippen LogP contribution < -0.4 is 25.9 Å². The van der Waals surface area contributed by atoms with Crippen LogP contribution in [0.4, 0.5) is 16.2 Å². The summed E-state index contributed by atoms with van der Waals surface area (Å²) in [6, 6.07) is 15.9. The first-order chi connectivity index (χ1) is 21.2. The van der Waals surface area contributed by atoms with E-state index in [1.165, 1.54) is 28.3 Å². The second-order valence-corrected chi connectivity index (χ2v) is 12.9. The van der Waals surface area contributed by atoms with E-state index in [2.05, 4.69) is 21.4 Å². The normalized spacial score (nSPS) is 14.1. The van der Waals surface area contributed by atoms with Crippen LogP contribution in [0, 0.1) is 0 Å². The quantitative estimate of drug-likeness (QED) is 0.238. The van der Waals surface area contributed by atoms with Crippen molar-refractivity contribution in [2.45, 2.75) is 56.3 Å². The number of carbonyl (C=O) groups is 2. The highest BCUT2D eigenvalue weighted by Crippen LogP contribution is 2.38. The predicted octanol–water partition coefficient (Wildman–Crippen LogP) is 4.58. The van der Waals surface area contributed by atoms with Crippen molar-refractivity contribution in [3.63, 3.8) is 0 Å². The molecule has 3 amide bonds. The van der Waals surface area contributed by atoms with Crippen molar-refractivity contribution in [3.8, 4) is 0 Å². The largest absolute Gasteiger partial charge is 0.423 e. The van der Waals surface area contributed by atoms with Crippen molar-refractivity contribution in [2.75, 3.05) is 30.9 Å². The van der Waals surface area contributed by atoms with Gasteiger partial charge in [0, 0.05) is 49.5 Å². The van der Waals surface area contributed by atoms with Gasteiger partial charge in [0.15, 0.2) is 11.0 Å². The molecule has 0 aliphatic heterocycles. The number of hydrogen-bond donors (Lipinski definition) is 3. The van der Waals surface area contributed by atoms with Gasteiger partial charge in [-0.25, -0.2) is 13.8 Å². The Morgan fingerprint density at radius 1 is 0.909 bits per heavy atom. The first-order valence-corrected chi connectivity index (χ1v) is 16.2. The average Bonchev–Trinajstić information content (AvgIpc) is 3.67. The van der Waals surface area contributed by atoms with Gasteiger partial charge >= 0.3 is 11.7 Å². The minimum atomic E-state index is -1.71. The standard InChI is InChI=1S/C34H36N4O5S/c1-38(2)25-11-14-27-24(19-32(40)43-30(27)20-25)18-31(39)35-16-15-21-9-12-26(13-10-21)44(42)37-34(41)36-33-28-7-3-5-22(28)17-23-6-4-8-29(23)33/h9-14,17,19-20H,3-8,15-16,18H2,1-2H3,(H,35,39)(H2,36,37,41). The molecule has 0 bridgehead atoms. The first kappa shape index (κ1) is 29.6. The van der Waals surface area contributed by atoms with E-state index >= 15 is 0 Å². The zero-order chi connectivity index (χ0) is 30.8. The number of amides is 3. The molecule has 0 saturated carbocycles. The van der Waals surface area contributed by atoms with Gasteiger partial charge in [0.05, 0.1) is 11.3 Å². The molecule has 4 aromatic rings. The topological polar surface area (TPSA) is 121 Å². The zero-order valence-corrected chi connectivity index (χ0v) is 25.8. The molecule has 0 spiro atoms. The molecular formula is C34H36N4O5S. The van der Waals surface area contributed by atoms with E-state index < -0.39 is 22.6 Å². The van der Waals surface area contributed by atoms with Crippen molar-refractivity contribution in [1.82, 2.24) is 10.0 Å². The van der Waals surface area contributed by atoms with Gasteiger partial charge in [-0.15, -0.1) is 0 Å². The number of carbonyl (C=O) groups excluding carboxylic acids is 2. The van der Waals surface area contributed by atoms with Crippen molar-refractivity contribution >= 4 is 45.3 Å². The van der Waals surface area contributed by atoms with Crippen LogP contribution in [0.2, 0.25) is 0 Å². The maximum Gasteiger partial charge on any atom is 0.336 e. The van der Waals surface area contributed by atoms with Crippen LogP contribution in [0.25, 0.3) is 11.0 Å². The molecule has 2 aliphatic carbocycles. The van der Waals surface area contributed by atoms with Gasteiger partial charge in [0.2, 0.25) is 5.91 Å². The lowest BCUT2D eigenvalue weighted by molar-refractivity contribution is -0.120. The van der Waals surface area contributed by atoms with Gasteiger partial charge < -0.3 is 20.0 Å². The highest BCUT2D eigenvalue weighted by molar-refractivity contribution is 7.83. The van der Waals surface area contributed by atoms with E-state index in [0.29, 0.717) is 29.0 Å². The maximum atomic E-state index is 12.9. The fraction of sp³-hybridized carbons (Fsp3) is 0.324. The van der Waals surface area contributed by atoms with Gasteiger partial charge in [0.1, 0.15) is 5.58 Å². The van der Waals surface area contributed by atoms with E-state index in [-0.39, 0.29) is 12.3 Å². The smallest absolute Gasteiger partial charge is 0.336 e. The maximum absolute atomic E-state index is 12.9. The summed E-state index contributed by atoms with van der Waals surface area (Å²) < 4.78 is 20.9. The molecule has 0 radical (unpaired) electrons. The number of anilines is 2. The predicted molar refractivity (Wildman–Crippen MR) is 173 cm³/mol. The first-order valence-electron chi connectivity index (χ1n) is 15.0. The molecule has 1 atom stereocenters. The van der Waals surface area contributed by atoms with Gasteiger partial charge in [0.25, 0.3) is 0 Å². The molecule has 10 heteroatoms. The van der Waals surface area contributed by atoms with E-state index in [1.807, 2.05) is 43.3 Å². The minimum absolute atomic E-state index is 0.0592. The summed E-state index contributed by atoms with van der Waals surface area (Å²) in [6.45, 7) is 0.401. The van der Waals surface area contributed by atoms with Crippen LogP contribution in [-0.2, 0) is 54.3 Å². The summed E-state index contributed by atoms with van der Waals surface area (Å²) in [5.41, 5.74) is 8.44. The third-order valence-electron chi connectivity index (χ3n) is 8.45. The van der Waals surface area contributed by atoms with Crippen LogP contribution >= 0.6 is 0 Å². The van der Waals surface area contributed by atoms with Crippen molar-refractivity contribution < 1.29 is 18.2 Å². The monoisotopic (exact) mass is 612 g/mol. The molecule has 1 unspecified atom stereocenters. The highest BCUT2D eigenvalue weighted by atomic mass is 32.2. The van der Waals surface area contributed by atoms with Gasteiger partial charge in [-0.3, -0.25) is 9.52 Å². The number of nitrogens with one attached hydrogen (secondary N) is 3. The van der Waals surface area contributed by atoms with Crippen LogP contribution in [0.1, 0.15) is 46.2 Å². The number of urea groups is 1. The number of aryl methyl sites for hydroxylation is 2. The molecule has 3 aromatic carbocycles. The van der Waals surface area contributed by atoms with Gasteiger partial charge in [-0.05, 0) is 103 Å². The molecule has 228 valence electrons. The molecule has 0 fully saturated rings. The van der Waals surface area contributed by atoms with E-state index in [4.69, 9.17) is 4.42 Å². The SMILES string of the molecule is CN(C)c1ccc2c(CC(=O)NCCc3ccc(S(=O)NC(=O)Nc4c5c(cc6c4CCC6)CCC5)cc3)cc(=O)oc2c1. The lowest BCUT2D eigenvalue weighted by atomic mass is 9.99. The van der Waals surface area contributed by atoms with E-state index in [9.17, 15) is 18.6 Å². The Kier molecular flexibility index (Phi) is 8.52. The Morgan fingerprint density at radius 2 is 1.61 bits per heavy atom. The van der Waals surface area contributed by atoms with Crippen LogP contribution in [0.3, 0.4) is 0 Å². The lowest BCUT2D eigenvalue weighted by Gasteiger charge is -2.16. The van der Waals surface area contributed by atoms with Crippen molar-refractivity contribution in [2.24, 2.45) is 0 Å². The highest BCUT2D eigenvalue weighted by Gasteiger charge is 2.25. The molecular weight excluding hydrogens is 576 g/mol. The van der Waals surface area contributed by atoms with Crippen LogP contribution in [0.15, 0.2) is 68.7 Å². The van der Waals surface area contributed by atoms with Crippen LogP contribution in [-0.4, -0.2) is 36.8 Å². The minimum Gasteiger partial charge on any atom is -0.423 e. The second-order valence-electron chi connectivity index (χ2n) is 11.6. The molecule has 3 N–H and O–H groups in total. The van der Waals surface area contributed by atoms with Crippen LogP contribution in [0.5, 0.6) is 0 Å². The molecule has 44 heavy (non-hydrogen) atoms. The van der Waals surface area contributed by atoms with Gasteiger partial charge in [-0.1, -0.05) is 18.2 Å². The Morgan fingerprint density at radius 3 is 2.30 bits per heavy atom. The van der Waals surface area contributed by atoms with Gasteiger partial charge in [-0.2, -0.15) is 0 Å². The molecule has 9 nitrogen and oxygen atoms in total. The molecule has 0 saturated heterocycles. The Labute approximate surface area is 258 Å². The van der Waals surface area contributed by atoms with E-state index in [1.54, 1.807) is 18.2 Å². The summed E-state index contributed by atoms with van der Waals surface area (Å²) in [7, 11) is 2.09. The summed E-state index contributed by atoms with van der Waals surface area (Å²) in [5, 5.41) is 6.66. The second kappa shape index (κ2) is 12.7. The number of fused-ring (bicyclic) bond motifs is 3. The Hall–Kier alpha value is -4.44.